The van der Waals surface area contributed by atoms with Crippen LogP contribution in [0.2, 0.25) is 0 Å². The van der Waals surface area contributed by atoms with E-state index in [-0.39, 0.29) is 5.91 Å². The molecule has 136 valence electrons. The van der Waals surface area contributed by atoms with Crippen LogP contribution in [0.4, 0.5) is 0 Å². The zero-order valence-corrected chi connectivity index (χ0v) is 14.8. The molecule has 4 rings (SSSR count). The Bertz CT molecular complexity index is 983. The number of rotatable bonds is 4. The smallest absolute Gasteiger partial charge is 0.253 e. The van der Waals surface area contributed by atoms with E-state index < -0.39 is 0 Å². The molecule has 1 aromatic heterocycles. The summed E-state index contributed by atoms with van der Waals surface area (Å²) in [6.07, 6.45) is 4.79. The summed E-state index contributed by atoms with van der Waals surface area (Å²) in [6.45, 7) is 2.33. The summed E-state index contributed by atoms with van der Waals surface area (Å²) in [5.41, 5.74) is 3.56. The second-order valence-corrected chi connectivity index (χ2v) is 6.54. The number of piperazine rings is 1. The monoisotopic (exact) mass is 360 g/mol. The molecule has 6 heteroatoms. The predicted octanol–water partition coefficient (Wildman–Crippen LogP) is 2.65. The molecule has 2 heterocycles. The van der Waals surface area contributed by atoms with Gasteiger partial charge in [-0.15, -0.1) is 0 Å². The molecule has 0 atom stereocenters. The first-order valence-corrected chi connectivity index (χ1v) is 8.94. The fraction of sp³-hybridized carbons (Fsp3) is 0.190. The van der Waals surface area contributed by atoms with Crippen LogP contribution in [0, 0.1) is 0 Å². The van der Waals surface area contributed by atoms with Crippen LogP contribution in [-0.4, -0.2) is 58.5 Å². The Labute approximate surface area is 157 Å². The quantitative estimate of drug-likeness (QED) is 0.727. The molecule has 1 aliphatic rings. The summed E-state index contributed by atoms with van der Waals surface area (Å²) in [7, 11) is 0. The molecule has 1 fully saturated rings. The highest BCUT2D eigenvalue weighted by molar-refractivity contribution is 5.95. The molecule has 0 unspecified atom stereocenters. The van der Waals surface area contributed by atoms with Crippen LogP contribution in [0.1, 0.15) is 21.6 Å². The number of aromatic nitrogens is 2. The summed E-state index contributed by atoms with van der Waals surface area (Å²) >= 11 is 0. The third kappa shape index (κ3) is 3.60. The van der Waals surface area contributed by atoms with E-state index in [2.05, 4.69) is 10.2 Å². The number of fused-ring (bicyclic) bond motifs is 1. The Kier molecular flexibility index (Phi) is 4.70. The van der Waals surface area contributed by atoms with E-state index in [1.807, 2.05) is 60.7 Å². The minimum absolute atomic E-state index is 0.00868. The Balaban J connectivity index is 1.44. The molecule has 0 bridgehead atoms. The maximum absolute atomic E-state index is 12.6. The lowest BCUT2D eigenvalue weighted by atomic mass is 10.1. The van der Waals surface area contributed by atoms with Crippen molar-refractivity contribution in [3.63, 3.8) is 0 Å². The van der Waals surface area contributed by atoms with E-state index in [1.54, 1.807) is 9.80 Å². The van der Waals surface area contributed by atoms with Gasteiger partial charge in [-0.25, -0.2) is 0 Å². The second-order valence-electron chi connectivity index (χ2n) is 6.54. The second kappa shape index (κ2) is 7.45. The van der Waals surface area contributed by atoms with Crippen molar-refractivity contribution in [3.05, 3.63) is 65.4 Å². The number of para-hydroxylation sites is 1. The van der Waals surface area contributed by atoms with Crippen molar-refractivity contribution >= 4 is 35.4 Å². The van der Waals surface area contributed by atoms with Crippen molar-refractivity contribution in [1.29, 1.82) is 0 Å². The molecule has 1 aliphatic heterocycles. The van der Waals surface area contributed by atoms with Crippen LogP contribution >= 0.6 is 0 Å². The fourth-order valence-corrected chi connectivity index (χ4v) is 3.24. The molecule has 0 spiro atoms. The van der Waals surface area contributed by atoms with Gasteiger partial charge in [0.15, 0.2) is 0 Å². The van der Waals surface area contributed by atoms with Crippen LogP contribution in [0.15, 0.2) is 48.5 Å². The first-order valence-electron chi connectivity index (χ1n) is 8.94. The molecule has 2 aromatic carbocycles. The Morgan fingerprint density at radius 2 is 1.70 bits per heavy atom. The molecule has 0 radical (unpaired) electrons. The molecular weight excluding hydrogens is 340 g/mol. The molecule has 27 heavy (non-hydrogen) atoms. The standard InChI is InChI=1S/C21H20N4O2/c26-15-24-11-13-25(14-12-24)21(27)17-8-5-16(6-9-17)7-10-20-18-3-1-2-4-19(18)22-23-20/h1-10,15H,11-14H2,(H,22,23). The van der Waals surface area contributed by atoms with Crippen LogP contribution < -0.4 is 0 Å². The van der Waals surface area contributed by atoms with E-state index in [9.17, 15) is 9.59 Å². The van der Waals surface area contributed by atoms with E-state index in [0.29, 0.717) is 31.7 Å². The number of nitrogens with zero attached hydrogens (tertiary/aromatic N) is 3. The predicted molar refractivity (Wildman–Crippen MR) is 105 cm³/mol. The molecule has 1 N–H and O–H groups in total. The summed E-state index contributed by atoms with van der Waals surface area (Å²) in [6, 6.07) is 15.5. The van der Waals surface area contributed by atoms with Gasteiger partial charge in [0, 0.05) is 37.1 Å². The van der Waals surface area contributed by atoms with E-state index in [1.165, 1.54) is 0 Å². The number of hydrogen-bond acceptors (Lipinski definition) is 3. The van der Waals surface area contributed by atoms with Crippen molar-refractivity contribution in [2.75, 3.05) is 26.2 Å². The van der Waals surface area contributed by atoms with Gasteiger partial charge in [0.2, 0.25) is 6.41 Å². The van der Waals surface area contributed by atoms with Crippen LogP contribution in [0.25, 0.3) is 23.1 Å². The zero-order valence-electron chi connectivity index (χ0n) is 14.8. The SMILES string of the molecule is O=CN1CCN(C(=O)c2ccc(C=Cc3n[nH]c4ccccc34)cc2)CC1. The lowest BCUT2D eigenvalue weighted by molar-refractivity contribution is -0.119. The largest absolute Gasteiger partial charge is 0.342 e. The normalized spacial score (nSPS) is 14.8. The number of benzene rings is 2. The summed E-state index contributed by atoms with van der Waals surface area (Å²) < 4.78 is 0. The Morgan fingerprint density at radius 3 is 2.44 bits per heavy atom. The summed E-state index contributed by atoms with van der Waals surface area (Å²) in [5, 5.41) is 8.42. The number of aromatic amines is 1. The van der Waals surface area contributed by atoms with Gasteiger partial charge in [0.05, 0.1) is 11.2 Å². The topological polar surface area (TPSA) is 69.3 Å². The van der Waals surface area contributed by atoms with Gasteiger partial charge in [0.1, 0.15) is 0 Å². The molecule has 2 amide bonds. The highest BCUT2D eigenvalue weighted by Crippen LogP contribution is 2.18. The number of carbonyl (C=O) groups is 2. The van der Waals surface area contributed by atoms with Gasteiger partial charge >= 0.3 is 0 Å². The van der Waals surface area contributed by atoms with Crippen molar-refractivity contribution in [2.45, 2.75) is 0 Å². The number of H-pyrrole nitrogens is 1. The third-order valence-corrected chi connectivity index (χ3v) is 4.84. The van der Waals surface area contributed by atoms with E-state index in [0.717, 1.165) is 28.6 Å². The first-order chi connectivity index (χ1) is 13.2. The molecular formula is C21H20N4O2. The number of nitrogens with one attached hydrogen (secondary N) is 1. The zero-order chi connectivity index (χ0) is 18.6. The number of hydrogen-bond donors (Lipinski definition) is 1. The Morgan fingerprint density at radius 1 is 0.963 bits per heavy atom. The molecule has 3 aromatic rings. The lowest BCUT2D eigenvalue weighted by Gasteiger charge is -2.32. The lowest BCUT2D eigenvalue weighted by Crippen LogP contribution is -2.48. The van der Waals surface area contributed by atoms with Crippen LogP contribution in [-0.2, 0) is 4.79 Å². The van der Waals surface area contributed by atoms with Gasteiger partial charge in [-0.05, 0) is 29.8 Å². The fourth-order valence-electron chi connectivity index (χ4n) is 3.24. The van der Waals surface area contributed by atoms with Crippen LogP contribution in [0.3, 0.4) is 0 Å². The molecule has 0 saturated carbocycles. The van der Waals surface area contributed by atoms with E-state index in [4.69, 9.17) is 0 Å². The van der Waals surface area contributed by atoms with Crippen molar-refractivity contribution in [3.8, 4) is 0 Å². The van der Waals surface area contributed by atoms with Crippen molar-refractivity contribution < 1.29 is 9.59 Å². The first kappa shape index (κ1) is 17.0. The van der Waals surface area contributed by atoms with Gasteiger partial charge in [-0.2, -0.15) is 5.10 Å². The highest BCUT2D eigenvalue weighted by atomic mass is 16.2. The number of amides is 2. The third-order valence-electron chi connectivity index (χ3n) is 4.84. The Hall–Kier alpha value is -3.41. The molecule has 1 saturated heterocycles. The summed E-state index contributed by atoms with van der Waals surface area (Å²) in [4.78, 5) is 26.8. The van der Waals surface area contributed by atoms with E-state index >= 15 is 0 Å². The number of carbonyl (C=O) groups excluding carboxylic acids is 2. The summed E-state index contributed by atoms with van der Waals surface area (Å²) in [5.74, 6) is 0.00868. The van der Waals surface area contributed by atoms with Crippen molar-refractivity contribution in [1.82, 2.24) is 20.0 Å². The average molecular weight is 360 g/mol. The van der Waals surface area contributed by atoms with Gasteiger partial charge in [-0.1, -0.05) is 36.4 Å². The molecule has 0 aliphatic carbocycles. The minimum Gasteiger partial charge on any atom is -0.342 e. The van der Waals surface area contributed by atoms with Crippen molar-refractivity contribution in [2.24, 2.45) is 0 Å². The van der Waals surface area contributed by atoms with Gasteiger partial charge < -0.3 is 9.80 Å². The van der Waals surface area contributed by atoms with Gasteiger partial charge in [0.25, 0.3) is 5.91 Å². The highest BCUT2D eigenvalue weighted by Gasteiger charge is 2.21. The average Bonchev–Trinajstić information content (AvgIpc) is 3.15. The maximum atomic E-state index is 12.6. The van der Waals surface area contributed by atoms with Gasteiger partial charge in [-0.3, -0.25) is 14.7 Å². The minimum atomic E-state index is 0.00868. The maximum Gasteiger partial charge on any atom is 0.253 e. The van der Waals surface area contributed by atoms with Crippen LogP contribution in [0.5, 0.6) is 0 Å². The molecule has 6 nitrogen and oxygen atoms in total.